The molecular weight excluding hydrogens is 258 g/mol. The Bertz CT molecular complexity index is 347. The third-order valence-electron chi connectivity index (χ3n) is 4.03. The smallest absolute Gasteiger partial charge is 0.118 e. The van der Waals surface area contributed by atoms with Crippen molar-refractivity contribution in [3.8, 4) is 5.75 Å². The maximum Gasteiger partial charge on any atom is 0.118 e. The van der Waals surface area contributed by atoms with Crippen molar-refractivity contribution in [3.63, 3.8) is 0 Å². The molecule has 2 heteroatoms. The van der Waals surface area contributed by atoms with Crippen LogP contribution < -0.4 is 10.1 Å². The molecule has 0 amide bonds. The number of nitrogens with one attached hydrogen (secondary N) is 1. The molecule has 0 heterocycles. The van der Waals surface area contributed by atoms with Gasteiger partial charge in [0.15, 0.2) is 0 Å². The van der Waals surface area contributed by atoms with E-state index in [9.17, 15) is 0 Å². The number of hydrogen-bond donors (Lipinski definition) is 1. The fraction of sp³-hybridized carbons (Fsp3) is 0.684. The van der Waals surface area contributed by atoms with E-state index >= 15 is 0 Å². The first-order chi connectivity index (χ1) is 10.3. The quantitative estimate of drug-likeness (QED) is 0.549. The van der Waals surface area contributed by atoms with Crippen LogP contribution >= 0.6 is 0 Å². The lowest BCUT2D eigenvalue weighted by Gasteiger charge is -2.18. The Balaban J connectivity index is 2.35. The molecule has 0 aromatic heterocycles. The minimum atomic E-state index is 0.670. The zero-order valence-electron chi connectivity index (χ0n) is 14.2. The number of ether oxygens (including phenoxy) is 1. The highest BCUT2D eigenvalue weighted by Gasteiger charge is 2.08. The molecule has 0 aliphatic carbocycles. The molecule has 1 atom stereocenters. The van der Waals surface area contributed by atoms with Crippen LogP contribution in [0.4, 0.5) is 0 Å². The standard InChI is InChI=1S/C19H33NO/c1-4-6-7-8-9-18(20-16-5-2)13-10-17-11-14-19(21-3)15-12-17/h11-12,14-15,18,20H,4-10,13,16H2,1-3H3. The van der Waals surface area contributed by atoms with Gasteiger partial charge in [-0.3, -0.25) is 0 Å². The number of rotatable bonds is 12. The molecule has 0 saturated carbocycles. The van der Waals surface area contributed by atoms with Gasteiger partial charge < -0.3 is 10.1 Å². The van der Waals surface area contributed by atoms with E-state index in [1.165, 1.54) is 50.5 Å². The van der Waals surface area contributed by atoms with Gasteiger partial charge in [-0.15, -0.1) is 0 Å². The Labute approximate surface area is 131 Å². The Morgan fingerprint density at radius 3 is 2.33 bits per heavy atom. The van der Waals surface area contributed by atoms with Crippen LogP contribution in [0, 0.1) is 0 Å². The molecule has 1 rings (SSSR count). The minimum Gasteiger partial charge on any atom is -0.497 e. The van der Waals surface area contributed by atoms with Gasteiger partial charge in [0.25, 0.3) is 0 Å². The van der Waals surface area contributed by atoms with Crippen molar-refractivity contribution in [2.45, 2.75) is 71.3 Å². The second kappa shape index (κ2) is 11.6. The predicted molar refractivity (Wildman–Crippen MR) is 92.2 cm³/mol. The van der Waals surface area contributed by atoms with Gasteiger partial charge in [0.1, 0.15) is 5.75 Å². The third kappa shape index (κ3) is 8.11. The maximum atomic E-state index is 5.21. The number of unbranched alkanes of at least 4 members (excludes halogenated alkanes) is 3. The summed E-state index contributed by atoms with van der Waals surface area (Å²) in [5.74, 6) is 0.943. The first kappa shape index (κ1) is 18.0. The largest absolute Gasteiger partial charge is 0.497 e. The molecular formula is C19H33NO. The van der Waals surface area contributed by atoms with E-state index in [-0.39, 0.29) is 0 Å². The predicted octanol–water partition coefficient (Wildman–Crippen LogP) is 4.97. The topological polar surface area (TPSA) is 21.3 Å². The summed E-state index contributed by atoms with van der Waals surface area (Å²) in [5.41, 5.74) is 1.41. The van der Waals surface area contributed by atoms with Gasteiger partial charge >= 0.3 is 0 Å². The molecule has 0 radical (unpaired) electrons. The van der Waals surface area contributed by atoms with E-state index in [1.807, 2.05) is 0 Å². The number of methoxy groups -OCH3 is 1. The molecule has 0 saturated heterocycles. The van der Waals surface area contributed by atoms with E-state index in [2.05, 4.69) is 43.4 Å². The summed E-state index contributed by atoms with van der Waals surface area (Å²) in [6.07, 6.45) is 10.3. The average molecular weight is 291 g/mol. The Hall–Kier alpha value is -1.02. The van der Waals surface area contributed by atoms with Crippen molar-refractivity contribution < 1.29 is 4.74 Å². The fourth-order valence-electron chi connectivity index (χ4n) is 2.65. The van der Waals surface area contributed by atoms with Gasteiger partial charge in [0.05, 0.1) is 7.11 Å². The van der Waals surface area contributed by atoms with Gasteiger partial charge in [-0.2, -0.15) is 0 Å². The Morgan fingerprint density at radius 2 is 1.71 bits per heavy atom. The van der Waals surface area contributed by atoms with Crippen LogP contribution in [0.1, 0.15) is 64.4 Å². The highest BCUT2D eigenvalue weighted by atomic mass is 16.5. The first-order valence-corrected chi connectivity index (χ1v) is 8.66. The molecule has 0 bridgehead atoms. The van der Waals surface area contributed by atoms with Gasteiger partial charge in [-0.25, -0.2) is 0 Å². The SMILES string of the molecule is CCCCCCC(CCc1ccc(OC)cc1)NCCC. The molecule has 1 N–H and O–H groups in total. The van der Waals surface area contributed by atoms with Crippen LogP contribution in [0.3, 0.4) is 0 Å². The van der Waals surface area contributed by atoms with Crippen molar-refractivity contribution in [3.05, 3.63) is 29.8 Å². The molecule has 0 spiro atoms. The molecule has 2 nitrogen and oxygen atoms in total. The molecule has 0 aliphatic heterocycles. The third-order valence-corrected chi connectivity index (χ3v) is 4.03. The van der Waals surface area contributed by atoms with E-state index < -0.39 is 0 Å². The van der Waals surface area contributed by atoms with Crippen molar-refractivity contribution in [1.82, 2.24) is 5.32 Å². The van der Waals surface area contributed by atoms with Crippen molar-refractivity contribution >= 4 is 0 Å². The van der Waals surface area contributed by atoms with Crippen LogP contribution in [0.5, 0.6) is 5.75 Å². The summed E-state index contributed by atoms with van der Waals surface area (Å²) in [5, 5.41) is 3.71. The lowest BCUT2D eigenvalue weighted by atomic mass is 10.00. The molecule has 1 aromatic carbocycles. The van der Waals surface area contributed by atoms with Crippen LogP contribution in [0.25, 0.3) is 0 Å². The van der Waals surface area contributed by atoms with E-state index in [0.717, 1.165) is 18.7 Å². The lowest BCUT2D eigenvalue weighted by molar-refractivity contribution is 0.414. The highest BCUT2D eigenvalue weighted by Crippen LogP contribution is 2.15. The Kier molecular flexibility index (Phi) is 9.98. The van der Waals surface area contributed by atoms with Gasteiger partial charge in [-0.1, -0.05) is 51.7 Å². The number of benzene rings is 1. The summed E-state index contributed by atoms with van der Waals surface area (Å²) >= 11 is 0. The van der Waals surface area contributed by atoms with Gasteiger partial charge in [0.2, 0.25) is 0 Å². The highest BCUT2D eigenvalue weighted by molar-refractivity contribution is 5.27. The second-order valence-corrected chi connectivity index (χ2v) is 5.89. The molecule has 1 aromatic rings. The molecule has 120 valence electrons. The second-order valence-electron chi connectivity index (χ2n) is 5.89. The molecule has 0 fully saturated rings. The lowest BCUT2D eigenvalue weighted by Crippen LogP contribution is -2.30. The molecule has 0 aliphatic rings. The fourth-order valence-corrected chi connectivity index (χ4v) is 2.65. The van der Waals surface area contributed by atoms with E-state index in [0.29, 0.717) is 6.04 Å². The molecule has 21 heavy (non-hydrogen) atoms. The number of aryl methyl sites for hydroxylation is 1. The zero-order valence-corrected chi connectivity index (χ0v) is 14.2. The average Bonchev–Trinajstić information content (AvgIpc) is 2.53. The van der Waals surface area contributed by atoms with Crippen molar-refractivity contribution in [1.29, 1.82) is 0 Å². The summed E-state index contributed by atoms with van der Waals surface area (Å²) in [7, 11) is 1.72. The summed E-state index contributed by atoms with van der Waals surface area (Å²) in [6.45, 7) is 5.65. The normalized spacial score (nSPS) is 12.3. The van der Waals surface area contributed by atoms with Crippen LogP contribution in [0.15, 0.2) is 24.3 Å². The minimum absolute atomic E-state index is 0.670. The zero-order chi connectivity index (χ0) is 15.3. The molecule has 1 unspecified atom stereocenters. The van der Waals surface area contributed by atoms with E-state index in [4.69, 9.17) is 4.74 Å². The monoisotopic (exact) mass is 291 g/mol. The van der Waals surface area contributed by atoms with Gasteiger partial charge in [-0.05, 0) is 49.9 Å². The van der Waals surface area contributed by atoms with Crippen LogP contribution in [-0.4, -0.2) is 19.7 Å². The summed E-state index contributed by atoms with van der Waals surface area (Å²) in [6, 6.07) is 9.17. The van der Waals surface area contributed by atoms with Gasteiger partial charge in [0, 0.05) is 6.04 Å². The van der Waals surface area contributed by atoms with E-state index in [1.54, 1.807) is 7.11 Å². The summed E-state index contributed by atoms with van der Waals surface area (Å²) in [4.78, 5) is 0. The van der Waals surface area contributed by atoms with Crippen molar-refractivity contribution in [2.24, 2.45) is 0 Å². The van der Waals surface area contributed by atoms with Crippen LogP contribution in [-0.2, 0) is 6.42 Å². The summed E-state index contributed by atoms with van der Waals surface area (Å²) < 4.78 is 5.21. The maximum absolute atomic E-state index is 5.21. The number of hydrogen-bond acceptors (Lipinski definition) is 2. The Morgan fingerprint density at radius 1 is 0.952 bits per heavy atom. The van der Waals surface area contributed by atoms with Crippen LogP contribution in [0.2, 0.25) is 0 Å². The first-order valence-electron chi connectivity index (χ1n) is 8.66. The van der Waals surface area contributed by atoms with Crippen molar-refractivity contribution in [2.75, 3.05) is 13.7 Å².